The van der Waals surface area contributed by atoms with Crippen LogP contribution in [0.4, 0.5) is 0 Å². The monoisotopic (exact) mass is 371 g/mol. The number of carbonyl (C=O) groups is 1. The summed E-state index contributed by atoms with van der Waals surface area (Å²) in [4.78, 5) is 27.0. The van der Waals surface area contributed by atoms with Gasteiger partial charge in [0.05, 0.1) is 12.8 Å². The first-order valence-electron chi connectivity index (χ1n) is 8.54. The number of hydrogen-bond acceptors (Lipinski definition) is 5. The van der Waals surface area contributed by atoms with E-state index < -0.39 is 5.91 Å². The molecule has 0 unspecified atom stereocenters. The molecule has 3 N–H and O–H groups in total. The lowest BCUT2D eigenvalue weighted by Crippen LogP contribution is -2.05. The van der Waals surface area contributed by atoms with Crippen LogP contribution in [0.25, 0.3) is 39.5 Å². The smallest absolute Gasteiger partial charge is 0.241 e. The zero-order valence-electron chi connectivity index (χ0n) is 15.1. The predicted molar refractivity (Wildman–Crippen MR) is 107 cm³/mol. The number of methoxy groups -OCH3 is 1. The Morgan fingerprint density at radius 2 is 2.07 bits per heavy atom. The number of pyridine rings is 1. The van der Waals surface area contributed by atoms with Crippen LogP contribution in [-0.2, 0) is 4.79 Å². The number of aromatic nitrogens is 4. The largest absolute Gasteiger partial charge is 0.497 e. The Labute approximate surface area is 160 Å². The SMILES string of the molecule is COc1cc(/C=C/C(N)=O)cc(-c2cnc3[nH]cc(-c4ccncn4)c3c2)c1. The van der Waals surface area contributed by atoms with Gasteiger partial charge in [-0.15, -0.1) is 0 Å². The van der Waals surface area contributed by atoms with Crippen LogP contribution in [0.3, 0.4) is 0 Å². The van der Waals surface area contributed by atoms with Crippen molar-refractivity contribution in [2.45, 2.75) is 0 Å². The molecule has 0 radical (unpaired) electrons. The number of benzene rings is 1. The Morgan fingerprint density at radius 1 is 1.18 bits per heavy atom. The van der Waals surface area contributed by atoms with Crippen LogP contribution in [0, 0.1) is 0 Å². The maximum atomic E-state index is 11.1. The van der Waals surface area contributed by atoms with Crippen molar-refractivity contribution in [3.8, 4) is 28.1 Å². The molecule has 1 aromatic carbocycles. The number of nitrogens with one attached hydrogen (secondary N) is 1. The lowest BCUT2D eigenvalue weighted by Gasteiger charge is -2.08. The molecule has 3 heterocycles. The molecule has 4 aromatic rings. The zero-order valence-corrected chi connectivity index (χ0v) is 15.1. The molecule has 0 aliphatic rings. The van der Waals surface area contributed by atoms with Crippen molar-refractivity contribution in [2.24, 2.45) is 5.73 Å². The van der Waals surface area contributed by atoms with Crippen LogP contribution in [0.1, 0.15) is 5.56 Å². The number of ether oxygens (including phenoxy) is 1. The minimum atomic E-state index is -0.505. The van der Waals surface area contributed by atoms with Gasteiger partial charge in [0, 0.05) is 41.2 Å². The number of primary amides is 1. The summed E-state index contributed by atoms with van der Waals surface area (Å²) in [6, 6.07) is 9.60. The van der Waals surface area contributed by atoms with E-state index in [1.807, 2.05) is 36.5 Å². The number of fused-ring (bicyclic) bond motifs is 1. The van der Waals surface area contributed by atoms with E-state index >= 15 is 0 Å². The molecule has 7 heteroatoms. The van der Waals surface area contributed by atoms with Crippen molar-refractivity contribution < 1.29 is 9.53 Å². The molecule has 1 amide bonds. The highest BCUT2D eigenvalue weighted by atomic mass is 16.5. The minimum Gasteiger partial charge on any atom is -0.497 e. The zero-order chi connectivity index (χ0) is 19.5. The molecule has 28 heavy (non-hydrogen) atoms. The van der Waals surface area contributed by atoms with E-state index in [9.17, 15) is 4.79 Å². The Kier molecular flexibility index (Phi) is 4.55. The second-order valence-corrected chi connectivity index (χ2v) is 6.15. The van der Waals surface area contributed by atoms with Gasteiger partial charge in [-0.1, -0.05) is 0 Å². The minimum absolute atomic E-state index is 0.505. The first-order chi connectivity index (χ1) is 13.6. The topological polar surface area (TPSA) is 107 Å². The van der Waals surface area contributed by atoms with E-state index in [0.717, 1.165) is 39.0 Å². The first kappa shape index (κ1) is 17.4. The average Bonchev–Trinajstić information content (AvgIpc) is 3.16. The summed E-state index contributed by atoms with van der Waals surface area (Å²) >= 11 is 0. The Hall–Kier alpha value is -4.00. The fourth-order valence-electron chi connectivity index (χ4n) is 3.00. The molecule has 4 rings (SSSR count). The summed E-state index contributed by atoms with van der Waals surface area (Å²) in [6.07, 6.45) is 9.88. The van der Waals surface area contributed by atoms with Crippen molar-refractivity contribution in [3.63, 3.8) is 0 Å². The standard InChI is InChI=1S/C21H17N5O2/c1-28-16-7-13(2-3-20(22)27)6-14(8-16)15-9-17-18(11-25-21(17)24-10-15)19-4-5-23-12-26-19/h2-12H,1H3,(H2,22,27)(H,24,25)/b3-2+. The molecular formula is C21H17N5O2. The van der Waals surface area contributed by atoms with E-state index in [-0.39, 0.29) is 0 Å². The van der Waals surface area contributed by atoms with Crippen molar-refractivity contribution in [1.82, 2.24) is 19.9 Å². The van der Waals surface area contributed by atoms with Gasteiger partial charge in [0.25, 0.3) is 0 Å². The van der Waals surface area contributed by atoms with Gasteiger partial charge in [0.1, 0.15) is 17.7 Å². The van der Waals surface area contributed by atoms with Gasteiger partial charge < -0.3 is 15.5 Å². The molecule has 3 aromatic heterocycles. The molecule has 0 fully saturated rings. The van der Waals surface area contributed by atoms with Crippen molar-refractivity contribution in [1.29, 1.82) is 0 Å². The fourth-order valence-corrected chi connectivity index (χ4v) is 3.00. The Bertz CT molecular complexity index is 1180. The summed E-state index contributed by atoms with van der Waals surface area (Å²) in [6.45, 7) is 0. The van der Waals surface area contributed by atoms with E-state index in [2.05, 4.69) is 19.9 Å². The molecule has 138 valence electrons. The average molecular weight is 371 g/mol. The van der Waals surface area contributed by atoms with Gasteiger partial charge in [-0.05, 0) is 47.5 Å². The molecular weight excluding hydrogens is 354 g/mol. The summed E-state index contributed by atoms with van der Waals surface area (Å²) < 4.78 is 5.40. The van der Waals surface area contributed by atoms with Gasteiger partial charge in [-0.3, -0.25) is 4.79 Å². The molecule has 0 bridgehead atoms. The van der Waals surface area contributed by atoms with Gasteiger partial charge in [0.15, 0.2) is 0 Å². The molecule has 0 spiro atoms. The predicted octanol–water partition coefficient (Wildman–Crippen LogP) is 3.19. The van der Waals surface area contributed by atoms with Gasteiger partial charge in [0.2, 0.25) is 5.91 Å². The maximum absolute atomic E-state index is 11.1. The lowest BCUT2D eigenvalue weighted by atomic mass is 10.0. The van der Waals surface area contributed by atoms with Crippen LogP contribution in [0.15, 0.2) is 61.3 Å². The number of carbonyl (C=O) groups excluding carboxylic acids is 1. The molecule has 0 atom stereocenters. The van der Waals surface area contributed by atoms with Gasteiger partial charge in [-0.2, -0.15) is 0 Å². The van der Waals surface area contributed by atoms with Crippen LogP contribution in [0.2, 0.25) is 0 Å². The number of aromatic amines is 1. The van der Waals surface area contributed by atoms with E-state index in [4.69, 9.17) is 10.5 Å². The number of nitrogens with two attached hydrogens (primary N) is 1. The first-order valence-corrected chi connectivity index (χ1v) is 8.54. The third kappa shape index (κ3) is 3.45. The number of amides is 1. The van der Waals surface area contributed by atoms with Crippen LogP contribution in [-0.4, -0.2) is 33.0 Å². The summed E-state index contributed by atoms with van der Waals surface area (Å²) in [5, 5.41) is 0.952. The summed E-state index contributed by atoms with van der Waals surface area (Å²) in [5.41, 5.74) is 10.4. The molecule has 0 saturated heterocycles. The van der Waals surface area contributed by atoms with Crippen molar-refractivity contribution in [3.05, 3.63) is 66.9 Å². The number of H-pyrrole nitrogens is 1. The third-order valence-corrected chi connectivity index (χ3v) is 4.33. The highest BCUT2D eigenvalue weighted by molar-refractivity contribution is 5.95. The number of rotatable bonds is 5. The maximum Gasteiger partial charge on any atom is 0.241 e. The van der Waals surface area contributed by atoms with Gasteiger partial charge in [-0.25, -0.2) is 15.0 Å². The van der Waals surface area contributed by atoms with Crippen LogP contribution < -0.4 is 10.5 Å². The Balaban J connectivity index is 1.83. The molecule has 0 aliphatic heterocycles. The van der Waals surface area contributed by atoms with Crippen LogP contribution >= 0.6 is 0 Å². The highest BCUT2D eigenvalue weighted by Crippen LogP contribution is 2.32. The van der Waals surface area contributed by atoms with E-state index in [0.29, 0.717) is 5.75 Å². The van der Waals surface area contributed by atoms with E-state index in [1.54, 1.807) is 25.6 Å². The number of nitrogens with zero attached hydrogens (tertiary/aromatic N) is 3. The van der Waals surface area contributed by atoms with Crippen molar-refractivity contribution in [2.75, 3.05) is 7.11 Å². The second kappa shape index (κ2) is 7.32. The summed E-state index contributed by atoms with van der Waals surface area (Å²) in [5.74, 6) is 0.168. The highest BCUT2D eigenvalue weighted by Gasteiger charge is 2.11. The van der Waals surface area contributed by atoms with Crippen molar-refractivity contribution >= 4 is 23.0 Å². The number of hydrogen-bond donors (Lipinski definition) is 2. The van der Waals surface area contributed by atoms with Gasteiger partial charge >= 0.3 is 0 Å². The van der Waals surface area contributed by atoms with Crippen LogP contribution in [0.5, 0.6) is 5.75 Å². The Morgan fingerprint density at radius 3 is 2.82 bits per heavy atom. The summed E-state index contributed by atoms with van der Waals surface area (Å²) in [7, 11) is 1.60. The quantitative estimate of drug-likeness (QED) is 0.524. The molecule has 0 aliphatic carbocycles. The fraction of sp³-hybridized carbons (Fsp3) is 0.0476. The lowest BCUT2D eigenvalue weighted by molar-refractivity contribution is -0.113. The van der Waals surface area contributed by atoms with E-state index in [1.165, 1.54) is 12.4 Å². The normalized spacial score (nSPS) is 11.2. The third-order valence-electron chi connectivity index (χ3n) is 4.33. The molecule has 0 saturated carbocycles. The second-order valence-electron chi connectivity index (χ2n) is 6.15. The molecule has 7 nitrogen and oxygen atoms in total.